The Kier molecular flexibility index (Phi) is 3.07. The number of hydrogen-bond acceptors (Lipinski definition) is 8. The number of fused-ring (bicyclic) bond motifs is 1. The van der Waals surface area contributed by atoms with Gasteiger partial charge in [0, 0.05) is 0 Å². The third-order valence-corrected chi connectivity index (χ3v) is 3.13. The van der Waals surface area contributed by atoms with Crippen LogP contribution in [0.4, 0.5) is 5.95 Å². The molecule has 0 saturated heterocycles. The molecule has 0 spiro atoms. The minimum absolute atomic E-state index is 0.00786. The largest absolute Gasteiger partial charge is 0.461 e. The number of anilines is 1. The maximum absolute atomic E-state index is 8.92. The monoisotopic (exact) mass is 319 g/mol. The fourth-order valence-corrected chi connectivity index (χ4v) is 2.08. The van der Waals surface area contributed by atoms with E-state index in [2.05, 4.69) is 20.1 Å². The third kappa shape index (κ3) is 2.38. The maximum atomic E-state index is 8.92. The van der Waals surface area contributed by atoms with Crippen LogP contribution in [0.3, 0.4) is 0 Å². The van der Waals surface area contributed by atoms with Gasteiger partial charge in [0.25, 0.3) is 5.78 Å². The van der Waals surface area contributed by atoms with Crippen molar-refractivity contribution < 1.29 is 9.15 Å². The number of benzene rings is 1. The molecule has 4 aromatic rings. The molecule has 3 heterocycles. The molecule has 0 aliphatic carbocycles. The molecule has 0 amide bonds. The van der Waals surface area contributed by atoms with Crippen molar-refractivity contribution in [2.24, 2.45) is 0 Å². The number of ether oxygens (including phenoxy) is 1. The molecule has 0 aliphatic heterocycles. The summed E-state index contributed by atoms with van der Waals surface area (Å²) in [4.78, 5) is 12.5. The molecule has 9 nitrogen and oxygen atoms in total. The first-order valence-corrected chi connectivity index (χ1v) is 6.85. The van der Waals surface area contributed by atoms with Crippen LogP contribution in [0.2, 0.25) is 0 Å². The van der Waals surface area contributed by atoms with Crippen molar-refractivity contribution >= 4 is 11.7 Å². The second kappa shape index (κ2) is 5.36. The van der Waals surface area contributed by atoms with E-state index in [0.29, 0.717) is 22.9 Å². The number of nitriles is 1. The van der Waals surface area contributed by atoms with Gasteiger partial charge in [-0.25, -0.2) is 0 Å². The van der Waals surface area contributed by atoms with Crippen molar-refractivity contribution in [1.82, 2.24) is 24.6 Å². The molecule has 9 heteroatoms. The quantitative estimate of drug-likeness (QED) is 0.607. The predicted molar refractivity (Wildman–Crippen MR) is 81.9 cm³/mol. The molecular weight excluding hydrogens is 310 g/mol. The molecule has 0 fully saturated rings. The first kappa shape index (κ1) is 13.7. The average molecular weight is 319 g/mol. The average Bonchev–Trinajstić information content (AvgIpc) is 3.24. The van der Waals surface area contributed by atoms with Gasteiger partial charge < -0.3 is 14.9 Å². The van der Waals surface area contributed by atoms with Crippen LogP contribution in [0, 0.1) is 11.3 Å². The van der Waals surface area contributed by atoms with Crippen LogP contribution >= 0.6 is 0 Å². The summed E-state index contributed by atoms with van der Waals surface area (Å²) in [5, 5.41) is 13.1. The van der Waals surface area contributed by atoms with Crippen molar-refractivity contribution in [2.45, 2.75) is 0 Å². The van der Waals surface area contributed by atoms with Crippen molar-refractivity contribution in [1.29, 1.82) is 5.26 Å². The van der Waals surface area contributed by atoms with Gasteiger partial charge in [-0.2, -0.15) is 24.7 Å². The minimum Gasteiger partial charge on any atom is -0.461 e. The van der Waals surface area contributed by atoms with Crippen LogP contribution in [0.15, 0.2) is 47.1 Å². The standard InChI is InChI=1S/C15H9N7O2/c16-8-9-3-1-4-10(7-9)24-15-19-13(17)22-14(20-15)18-12(21-22)11-5-2-6-23-11/h1-7H,(H2,17,18,19,20,21). The van der Waals surface area contributed by atoms with E-state index in [-0.39, 0.29) is 17.7 Å². The Hall–Kier alpha value is -3.93. The number of hydrogen-bond donors (Lipinski definition) is 1. The van der Waals surface area contributed by atoms with E-state index < -0.39 is 0 Å². The van der Waals surface area contributed by atoms with Crippen molar-refractivity contribution in [2.75, 3.05) is 5.73 Å². The summed E-state index contributed by atoms with van der Waals surface area (Å²) in [6.07, 6.45) is 1.52. The van der Waals surface area contributed by atoms with Crippen molar-refractivity contribution in [3.63, 3.8) is 0 Å². The van der Waals surface area contributed by atoms with Gasteiger partial charge in [0.1, 0.15) is 5.75 Å². The molecular formula is C15H9N7O2. The Balaban J connectivity index is 1.73. The molecule has 1 aromatic carbocycles. The zero-order valence-corrected chi connectivity index (χ0v) is 12.1. The molecule has 4 rings (SSSR count). The summed E-state index contributed by atoms with van der Waals surface area (Å²) in [7, 11) is 0. The molecule has 116 valence electrons. The van der Waals surface area contributed by atoms with Gasteiger partial charge in [-0.15, -0.1) is 5.10 Å². The van der Waals surface area contributed by atoms with Gasteiger partial charge in [0.05, 0.1) is 17.9 Å². The smallest absolute Gasteiger partial charge is 0.328 e. The van der Waals surface area contributed by atoms with Crippen LogP contribution in [-0.2, 0) is 0 Å². The zero-order valence-electron chi connectivity index (χ0n) is 12.1. The van der Waals surface area contributed by atoms with E-state index in [1.165, 1.54) is 10.8 Å². The van der Waals surface area contributed by atoms with Crippen LogP contribution in [-0.4, -0.2) is 24.6 Å². The summed E-state index contributed by atoms with van der Waals surface area (Å²) in [6.45, 7) is 0. The second-order valence-corrected chi connectivity index (χ2v) is 4.73. The van der Waals surface area contributed by atoms with Gasteiger partial charge in [-0.1, -0.05) is 6.07 Å². The van der Waals surface area contributed by atoms with E-state index in [1.807, 2.05) is 6.07 Å². The van der Waals surface area contributed by atoms with Crippen LogP contribution in [0.1, 0.15) is 5.56 Å². The van der Waals surface area contributed by atoms with Gasteiger partial charge in [-0.3, -0.25) is 0 Å². The van der Waals surface area contributed by atoms with Crippen LogP contribution in [0.25, 0.3) is 17.4 Å². The highest BCUT2D eigenvalue weighted by atomic mass is 16.5. The summed E-state index contributed by atoms with van der Waals surface area (Å²) >= 11 is 0. The first-order chi connectivity index (χ1) is 11.7. The Morgan fingerprint density at radius 3 is 2.88 bits per heavy atom. The lowest BCUT2D eigenvalue weighted by molar-refractivity contribution is 0.441. The highest BCUT2D eigenvalue weighted by Crippen LogP contribution is 2.22. The summed E-state index contributed by atoms with van der Waals surface area (Å²) in [5.41, 5.74) is 6.34. The lowest BCUT2D eigenvalue weighted by Crippen LogP contribution is -2.05. The molecule has 0 saturated carbocycles. The number of nitrogen functional groups attached to an aromatic ring is 1. The summed E-state index contributed by atoms with van der Waals surface area (Å²) in [5.74, 6) is 1.54. The van der Waals surface area contributed by atoms with Gasteiger partial charge >= 0.3 is 6.01 Å². The topological polar surface area (TPSA) is 128 Å². The van der Waals surface area contributed by atoms with Gasteiger partial charge in [0.2, 0.25) is 11.8 Å². The molecule has 2 N–H and O–H groups in total. The Morgan fingerprint density at radius 1 is 1.17 bits per heavy atom. The number of furan rings is 1. The highest BCUT2D eigenvalue weighted by molar-refractivity contribution is 5.51. The van der Waals surface area contributed by atoms with Crippen LogP contribution in [0.5, 0.6) is 11.8 Å². The van der Waals surface area contributed by atoms with Gasteiger partial charge in [-0.05, 0) is 30.3 Å². The van der Waals surface area contributed by atoms with Crippen LogP contribution < -0.4 is 10.5 Å². The van der Waals surface area contributed by atoms with E-state index in [0.717, 1.165) is 0 Å². The maximum Gasteiger partial charge on any atom is 0.328 e. The minimum atomic E-state index is 0.00786. The number of nitrogens with zero attached hydrogens (tertiary/aromatic N) is 6. The van der Waals surface area contributed by atoms with Crippen molar-refractivity contribution in [3.05, 3.63) is 48.2 Å². The summed E-state index contributed by atoms with van der Waals surface area (Å²) in [6, 6.07) is 12.1. The van der Waals surface area contributed by atoms with E-state index in [1.54, 1.807) is 36.4 Å². The normalized spacial score (nSPS) is 10.6. The lowest BCUT2D eigenvalue weighted by Gasteiger charge is -2.04. The fourth-order valence-electron chi connectivity index (χ4n) is 2.08. The number of rotatable bonds is 3. The van der Waals surface area contributed by atoms with Crippen molar-refractivity contribution in [3.8, 4) is 29.4 Å². The fraction of sp³-hybridized carbons (Fsp3) is 0. The molecule has 0 bridgehead atoms. The SMILES string of the molecule is N#Cc1cccc(Oc2nc(N)n3nc(-c4ccco4)nc3n2)c1. The molecule has 0 unspecified atom stereocenters. The lowest BCUT2D eigenvalue weighted by atomic mass is 10.2. The Labute approximate surface area is 135 Å². The molecule has 0 radical (unpaired) electrons. The highest BCUT2D eigenvalue weighted by Gasteiger charge is 2.14. The Morgan fingerprint density at radius 2 is 2.08 bits per heavy atom. The Bertz CT molecular complexity index is 1060. The molecule has 3 aromatic heterocycles. The van der Waals surface area contributed by atoms with E-state index >= 15 is 0 Å². The number of nitrogens with two attached hydrogens (primary N) is 1. The molecule has 24 heavy (non-hydrogen) atoms. The summed E-state index contributed by atoms with van der Waals surface area (Å²) < 4.78 is 12.1. The second-order valence-electron chi connectivity index (χ2n) is 4.73. The van der Waals surface area contributed by atoms with E-state index in [9.17, 15) is 0 Å². The van der Waals surface area contributed by atoms with Gasteiger partial charge in [0.15, 0.2) is 5.76 Å². The first-order valence-electron chi connectivity index (χ1n) is 6.85. The molecule has 0 aliphatic rings. The number of aromatic nitrogens is 5. The zero-order chi connectivity index (χ0) is 16.5. The predicted octanol–water partition coefficient (Wildman–Crippen LogP) is 2.03. The molecule has 0 atom stereocenters. The van der Waals surface area contributed by atoms with E-state index in [4.69, 9.17) is 20.1 Å². The third-order valence-electron chi connectivity index (χ3n) is 3.13.